The third-order valence-electron chi connectivity index (χ3n) is 3.31. The van der Waals surface area contributed by atoms with Crippen molar-refractivity contribution in [3.63, 3.8) is 0 Å². The lowest BCUT2D eigenvalue weighted by Gasteiger charge is -2.20. The highest BCUT2D eigenvalue weighted by Gasteiger charge is 2.35. The van der Waals surface area contributed by atoms with Gasteiger partial charge in [-0.1, -0.05) is 0 Å². The number of nitrogens with one attached hydrogen (secondary N) is 2. The molecule has 0 aliphatic heterocycles. The van der Waals surface area contributed by atoms with Gasteiger partial charge in [-0.2, -0.15) is 13.2 Å². The number of hydrogen-bond donors (Lipinski definition) is 2. The number of halogens is 5. The Labute approximate surface area is 123 Å². The summed E-state index contributed by atoms with van der Waals surface area (Å²) in [6.45, 7) is -1.83. The first-order valence-corrected chi connectivity index (χ1v) is 6.78. The molecule has 122 valence electrons. The van der Waals surface area contributed by atoms with E-state index in [0.717, 1.165) is 31.0 Å². The fourth-order valence-electron chi connectivity index (χ4n) is 2.17. The van der Waals surface area contributed by atoms with E-state index in [-0.39, 0.29) is 11.5 Å². The summed E-state index contributed by atoms with van der Waals surface area (Å²) in [6, 6.07) is 2.21. The number of rotatable bonds is 6. The second-order valence-electron chi connectivity index (χ2n) is 5.27. The van der Waals surface area contributed by atoms with Crippen molar-refractivity contribution in [1.82, 2.24) is 10.6 Å². The van der Waals surface area contributed by atoms with E-state index in [1.807, 2.05) is 5.32 Å². The lowest BCUT2D eigenvalue weighted by molar-refractivity contribution is -0.128. The summed E-state index contributed by atoms with van der Waals surface area (Å²) in [5, 5.41) is 4.44. The molecule has 3 nitrogen and oxygen atoms in total. The maximum atomic E-state index is 13.8. The van der Waals surface area contributed by atoms with Crippen LogP contribution >= 0.6 is 0 Å². The van der Waals surface area contributed by atoms with Gasteiger partial charge in [0, 0.05) is 5.56 Å². The van der Waals surface area contributed by atoms with Gasteiger partial charge < -0.3 is 10.6 Å². The van der Waals surface area contributed by atoms with Crippen molar-refractivity contribution in [3.8, 4) is 0 Å². The predicted octanol–water partition coefficient (Wildman–Crippen LogP) is 2.68. The van der Waals surface area contributed by atoms with E-state index in [1.54, 1.807) is 0 Å². The number of carbonyl (C=O) groups excluding carboxylic acids is 1. The molecule has 1 aromatic rings. The Balaban J connectivity index is 1.97. The van der Waals surface area contributed by atoms with Crippen LogP contribution in [0.25, 0.3) is 0 Å². The van der Waals surface area contributed by atoms with E-state index in [1.165, 1.54) is 0 Å². The molecule has 1 aromatic carbocycles. The number of hydrogen-bond acceptors (Lipinski definition) is 2. The van der Waals surface area contributed by atoms with Crippen LogP contribution in [0.3, 0.4) is 0 Å². The summed E-state index contributed by atoms with van der Waals surface area (Å²) in [6.07, 6.45) is -2.92. The molecule has 1 aliphatic rings. The summed E-state index contributed by atoms with van der Waals surface area (Å²) >= 11 is 0. The Bertz CT molecular complexity index is 543. The van der Waals surface area contributed by atoms with Crippen LogP contribution in [0.15, 0.2) is 18.2 Å². The van der Waals surface area contributed by atoms with E-state index in [2.05, 4.69) is 5.32 Å². The Morgan fingerprint density at radius 3 is 2.55 bits per heavy atom. The average Bonchev–Trinajstić information content (AvgIpc) is 3.22. The molecular weight excluding hydrogens is 307 g/mol. The fraction of sp³-hybridized carbons (Fsp3) is 0.500. The molecule has 0 heterocycles. The van der Waals surface area contributed by atoms with Crippen LogP contribution in [-0.2, 0) is 4.79 Å². The maximum absolute atomic E-state index is 13.8. The third-order valence-corrected chi connectivity index (χ3v) is 3.31. The van der Waals surface area contributed by atoms with Crippen LogP contribution in [0.5, 0.6) is 0 Å². The molecule has 0 saturated heterocycles. The molecule has 1 saturated carbocycles. The molecule has 1 fully saturated rings. The Morgan fingerprint density at radius 2 is 1.95 bits per heavy atom. The van der Waals surface area contributed by atoms with Crippen molar-refractivity contribution in [2.24, 2.45) is 5.92 Å². The van der Waals surface area contributed by atoms with Gasteiger partial charge in [0.15, 0.2) is 0 Å². The number of benzene rings is 1. The summed E-state index contributed by atoms with van der Waals surface area (Å²) in [5.74, 6) is -2.00. The van der Waals surface area contributed by atoms with E-state index in [9.17, 15) is 26.7 Å². The molecule has 2 N–H and O–H groups in total. The Kier molecular flexibility index (Phi) is 5.00. The molecule has 22 heavy (non-hydrogen) atoms. The highest BCUT2D eigenvalue weighted by atomic mass is 19.4. The molecule has 0 unspecified atom stereocenters. The molecule has 2 rings (SSSR count). The van der Waals surface area contributed by atoms with Crippen LogP contribution < -0.4 is 10.6 Å². The minimum atomic E-state index is -4.41. The van der Waals surface area contributed by atoms with Crippen molar-refractivity contribution in [1.29, 1.82) is 0 Å². The predicted molar refractivity (Wildman–Crippen MR) is 68.9 cm³/mol. The molecular formula is C14H15F5N2O. The van der Waals surface area contributed by atoms with Crippen LogP contribution in [0, 0.1) is 17.6 Å². The molecule has 1 atom stereocenters. The van der Waals surface area contributed by atoms with Gasteiger partial charge in [0.2, 0.25) is 5.91 Å². The standard InChI is InChI=1S/C14H15F5N2O/c15-9-3-4-11(16)10(5-9)13(8-1-2-8)21-12(22)6-20-7-14(17,18)19/h3-5,8,13,20H,1-2,6-7H2,(H,21,22)/t13-/m1/s1. The normalized spacial score (nSPS) is 16.4. The van der Waals surface area contributed by atoms with Crippen molar-refractivity contribution < 1.29 is 26.7 Å². The van der Waals surface area contributed by atoms with Crippen molar-refractivity contribution in [3.05, 3.63) is 35.4 Å². The van der Waals surface area contributed by atoms with E-state index in [0.29, 0.717) is 0 Å². The molecule has 1 aliphatic carbocycles. The average molecular weight is 322 g/mol. The summed E-state index contributed by atoms with van der Waals surface area (Å²) in [4.78, 5) is 11.7. The summed E-state index contributed by atoms with van der Waals surface area (Å²) in [5.41, 5.74) is 0.0201. The second kappa shape index (κ2) is 6.60. The van der Waals surface area contributed by atoms with Gasteiger partial charge in [0.05, 0.1) is 19.1 Å². The maximum Gasteiger partial charge on any atom is 0.401 e. The van der Waals surface area contributed by atoms with Crippen LogP contribution in [-0.4, -0.2) is 25.2 Å². The zero-order valence-electron chi connectivity index (χ0n) is 11.5. The second-order valence-corrected chi connectivity index (χ2v) is 5.27. The quantitative estimate of drug-likeness (QED) is 0.791. The van der Waals surface area contributed by atoms with E-state index >= 15 is 0 Å². The van der Waals surface area contributed by atoms with Crippen LogP contribution in [0.1, 0.15) is 24.4 Å². The number of amides is 1. The van der Waals surface area contributed by atoms with E-state index < -0.39 is 42.8 Å². The third kappa shape index (κ3) is 4.94. The van der Waals surface area contributed by atoms with Gasteiger partial charge in [-0.3, -0.25) is 4.79 Å². The first-order chi connectivity index (χ1) is 10.3. The first kappa shape index (κ1) is 16.7. The largest absolute Gasteiger partial charge is 0.401 e. The highest BCUT2D eigenvalue weighted by Crippen LogP contribution is 2.41. The summed E-state index contributed by atoms with van der Waals surface area (Å²) in [7, 11) is 0. The van der Waals surface area contributed by atoms with Gasteiger partial charge in [0.1, 0.15) is 11.6 Å². The molecule has 0 spiro atoms. The zero-order valence-corrected chi connectivity index (χ0v) is 11.5. The van der Waals surface area contributed by atoms with Crippen molar-refractivity contribution in [2.45, 2.75) is 25.1 Å². The van der Waals surface area contributed by atoms with Gasteiger partial charge >= 0.3 is 6.18 Å². The van der Waals surface area contributed by atoms with Crippen LogP contribution in [0.2, 0.25) is 0 Å². The first-order valence-electron chi connectivity index (χ1n) is 6.78. The smallest absolute Gasteiger partial charge is 0.348 e. The van der Waals surface area contributed by atoms with Crippen molar-refractivity contribution >= 4 is 5.91 Å². The Hall–Kier alpha value is -1.70. The number of carbonyl (C=O) groups is 1. The minimum absolute atomic E-state index is 0.0201. The van der Waals surface area contributed by atoms with Gasteiger partial charge in [-0.05, 0) is 37.0 Å². The molecule has 1 amide bonds. The van der Waals surface area contributed by atoms with Gasteiger partial charge in [-0.25, -0.2) is 8.78 Å². The zero-order chi connectivity index (χ0) is 16.3. The van der Waals surface area contributed by atoms with Crippen LogP contribution in [0.4, 0.5) is 22.0 Å². The van der Waals surface area contributed by atoms with Gasteiger partial charge in [0.25, 0.3) is 0 Å². The lowest BCUT2D eigenvalue weighted by atomic mass is 10.0. The minimum Gasteiger partial charge on any atom is -0.348 e. The summed E-state index contributed by atoms with van der Waals surface area (Å²) < 4.78 is 63.0. The van der Waals surface area contributed by atoms with Crippen molar-refractivity contribution in [2.75, 3.05) is 13.1 Å². The fourth-order valence-corrected chi connectivity index (χ4v) is 2.17. The molecule has 8 heteroatoms. The topological polar surface area (TPSA) is 41.1 Å². The lowest BCUT2D eigenvalue weighted by Crippen LogP contribution is -2.40. The van der Waals surface area contributed by atoms with Gasteiger partial charge in [-0.15, -0.1) is 0 Å². The van der Waals surface area contributed by atoms with E-state index in [4.69, 9.17) is 0 Å². The SMILES string of the molecule is O=C(CNCC(F)(F)F)N[C@@H](c1cc(F)ccc1F)C1CC1. The number of alkyl halides is 3. The Morgan fingerprint density at radius 1 is 1.27 bits per heavy atom. The molecule has 0 aromatic heterocycles. The monoisotopic (exact) mass is 322 g/mol. The molecule has 0 radical (unpaired) electrons. The highest BCUT2D eigenvalue weighted by molar-refractivity contribution is 5.78. The molecule has 0 bridgehead atoms.